The molecule has 1 N–H and O–H groups in total. The van der Waals surface area contributed by atoms with E-state index in [-0.39, 0.29) is 5.60 Å². The van der Waals surface area contributed by atoms with Crippen molar-refractivity contribution < 1.29 is 4.74 Å². The summed E-state index contributed by atoms with van der Waals surface area (Å²) in [5.41, 5.74) is 1.64. The average Bonchev–Trinajstić information content (AvgIpc) is 2.48. The lowest BCUT2D eigenvalue weighted by Crippen LogP contribution is -2.50. The molecule has 1 aliphatic carbocycles. The van der Waals surface area contributed by atoms with Crippen LogP contribution in [-0.2, 0) is 4.74 Å². The Kier molecular flexibility index (Phi) is 4.92. The third-order valence-electron chi connectivity index (χ3n) is 5.25. The van der Waals surface area contributed by atoms with Gasteiger partial charge in [-0.1, -0.05) is 18.2 Å². The molecule has 2 unspecified atom stereocenters. The van der Waals surface area contributed by atoms with E-state index in [0.29, 0.717) is 6.04 Å². The van der Waals surface area contributed by atoms with Crippen LogP contribution < -0.4 is 5.32 Å². The van der Waals surface area contributed by atoms with Crippen LogP contribution in [0.1, 0.15) is 37.7 Å². The van der Waals surface area contributed by atoms with E-state index in [0.717, 1.165) is 18.3 Å². The van der Waals surface area contributed by atoms with Crippen molar-refractivity contribution in [1.29, 1.82) is 0 Å². The molecule has 1 aliphatic heterocycles. The van der Waals surface area contributed by atoms with Gasteiger partial charge in [-0.15, -0.1) is 11.8 Å². The van der Waals surface area contributed by atoms with Gasteiger partial charge in [-0.25, -0.2) is 0 Å². The maximum atomic E-state index is 6.07. The van der Waals surface area contributed by atoms with Crippen LogP contribution in [0.15, 0.2) is 29.2 Å². The molecular formula is C18H27NOS. The van der Waals surface area contributed by atoms with Gasteiger partial charge in [0, 0.05) is 23.3 Å². The predicted molar refractivity (Wildman–Crippen MR) is 90.0 cm³/mol. The Bertz CT molecular complexity index is 472. The second-order valence-electron chi connectivity index (χ2n) is 6.61. The van der Waals surface area contributed by atoms with E-state index < -0.39 is 0 Å². The molecule has 1 saturated carbocycles. The van der Waals surface area contributed by atoms with E-state index in [1.54, 1.807) is 0 Å². The fourth-order valence-electron chi connectivity index (χ4n) is 3.68. The van der Waals surface area contributed by atoms with Gasteiger partial charge >= 0.3 is 0 Å². The zero-order chi connectivity index (χ0) is 14.7. The summed E-state index contributed by atoms with van der Waals surface area (Å²) in [6.07, 6.45) is 6.39. The van der Waals surface area contributed by atoms with Crippen molar-refractivity contribution in [2.24, 2.45) is 5.92 Å². The molecule has 0 amide bonds. The van der Waals surface area contributed by atoms with Gasteiger partial charge in [-0.2, -0.15) is 0 Å². The second-order valence-corrected chi connectivity index (χ2v) is 7.67. The molecule has 1 spiro atoms. The minimum atomic E-state index is 0.255. The van der Waals surface area contributed by atoms with Crippen LogP contribution in [0.4, 0.5) is 0 Å². The number of rotatable bonds is 5. The zero-order valence-corrected chi connectivity index (χ0v) is 14.0. The molecule has 0 bridgehead atoms. The monoisotopic (exact) mass is 305 g/mol. The van der Waals surface area contributed by atoms with Crippen molar-refractivity contribution in [2.45, 2.75) is 55.6 Å². The van der Waals surface area contributed by atoms with E-state index in [4.69, 9.17) is 4.74 Å². The number of aryl methyl sites for hydroxylation is 1. The minimum Gasteiger partial charge on any atom is -0.375 e. The lowest BCUT2D eigenvalue weighted by molar-refractivity contribution is -0.146. The second kappa shape index (κ2) is 6.72. The molecule has 2 aliphatic rings. The molecule has 0 radical (unpaired) electrons. The highest BCUT2D eigenvalue weighted by molar-refractivity contribution is 7.99. The normalized spacial score (nSPS) is 25.5. The quantitative estimate of drug-likeness (QED) is 0.830. The largest absolute Gasteiger partial charge is 0.375 e. The first-order chi connectivity index (χ1) is 10.2. The molecule has 2 fully saturated rings. The van der Waals surface area contributed by atoms with Crippen LogP contribution in [0.3, 0.4) is 0 Å². The molecule has 3 rings (SSSR count). The van der Waals surface area contributed by atoms with Gasteiger partial charge in [-0.05, 0) is 63.6 Å². The van der Waals surface area contributed by atoms with Gasteiger partial charge in [0.15, 0.2) is 0 Å². The van der Waals surface area contributed by atoms with Crippen LogP contribution in [0.2, 0.25) is 0 Å². The van der Waals surface area contributed by atoms with Crippen molar-refractivity contribution in [1.82, 2.24) is 5.32 Å². The highest BCUT2D eigenvalue weighted by atomic mass is 32.2. The van der Waals surface area contributed by atoms with Crippen LogP contribution in [-0.4, -0.2) is 31.1 Å². The zero-order valence-electron chi connectivity index (χ0n) is 13.2. The minimum absolute atomic E-state index is 0.255. The molecule has 1 aromatic carbocycles. The highest BCUT2D eigenvalue weighted by Crippen LogP contribution is 2.45. The molecule has 21 heavy (non-hydrogen) atoms. The van der Waals surface area contributed by atoms with Crippen LogP contribution in [0, 0.1) is 12.8 Å². The number of thioether (sulfide) groups is 1. The lowest BCUT2D eigenvalue weighted by atomic mass is 9.70. The Balaban J connectivity index is 1.58. The lowest BCUT2D eigenvalue weighted by Gasteiger charge is -2.48. The van der Waals surface area contributed by atoms with Gasteiger partial charge in [-0.3, -0.25) is 0 Å². The summed E-state index contributed by atoms with van der Waals surface area (Å²) in [6, 6.07) is 9.30. The van der Waals surface area contributed by atoms with E-state index in [1.807, 2.05) is 11.8 Å². The van der Waals surface area contributed by atoms with Crippen molar-refractivity contribution >= 4 is 11.8 Å². The number of nitrogens with one attached hydrogen (secondary N) is 1. The van der Waals surface area contributed by atoms with Crippen molar-refractivity contribution in [3.05, 3.63) is 29.8 Å². The van der Waals surface area contributed by atoms with Crippen molar-refractivity contribution in [3.8, 4) is 0 Å². The molecule has 2 nitrogen and oxygen atoms in total. The molecule has 1 aromatic rings. The Morgan fingerprint density at radius 3 is 2.86 bits per heavy atom. The van der Waals surface area contributed by atoms with E-state index in [1.165, 1.54) is 42.6 Å². The summed E-state index contributed by atoms with van der Waals surface area (Å²) >= 11 is 2.00. The fraction of sp³-hybridized carbons (Fsp3) is 0.667. The molecule has 1 saturated heterocycles. The average molecular weight is 305 g/mol. The number of hydrogen-bond donors (Lipinski definition) is 1. The number of benzene rings is 1. The van der Waals surface area contributed by atoms with Crippen LogP contribution in [0.5, 0.6) is 0 Å². The Morgan fingerprint density at radius 1 is 1.38 bits per heavy atom. The molecule has 116 valence electrons. The Labute approximate surface area is 133 Å². The molecule has 3 heteroatoms. The number of hydrogen-bond acceptors (Lipinski definition) is 3. The summed E-state index contributed by atoms with van der Waals surface area (Å²) in [5, 5.41) is 3.57. The van der Waals surface area contributed by atoms with Gasteiger partial charge in [0.2, 0.25) is 0 Å². The first-order valence-electron chi connectivity index (χ1n) is 8.22. The summed E-state index contributed by atoms with van der Waals surface area (Å²) in [6.45, 7) is 3.16. The standard InChI is InChI=1S/C18H27NOS/c1-14-6-3-4-7-17(14)21-13-16(19-2)15-8-11-20-18(12-15)9-5-10-18/h3-4,6-7,15-16,19H,5,8-13H2,1-2H3. The van der Waals surface area contributed by atoms with Crippen LogP contribution in [0.25, 0.3) is 0 Å². The van der Waals surface area contributed by atoms with Crippen molar-refractivity contribution in [2.75, 3.05) is 19.4 Å². The molecular weight excluding hydrogens is 278 g/mol. The summed E-state index contributed by atoms with van der Waals surface area (Å²) in [4.78, 5) is 1.42. The molecule has 2 atom stereocenters. The maximum Gasteiger partial charge on any atom is 0.0685 e. The molecule has 0 aromatic heterocycles. The van der Waals surface area contributed by atoms with Gasteiger partial charge in [0.25, 0.3) is 0 Å². The van der Waals surface area contributed by atoms with Crippen LogP contribution >= 0.6 is 11.8 Å². The summed E-state index contributed by atoms with van der Waals surface area (Å²) < 4.78 is 6.07. The van der Waals surface area contributed by atoms with Crippen molar-refractivity contribution in [3.63, 3.8) is 0 Å². The van der Waals surface area contributed by atoms with E-state index >= 15 is 0 Å². The maximum absolute atomic E-state index is 6.07. The fourth-order valence-corrected chi connectivity index (χ4v) is 4.95. The predicted octanol–water partition coefficient (Wildman–Crippen LogP) is 4.02. The van der Waals surface area contributed by atoms with Gasteiger partial charge < -0.3 is 10.1 Å². The van der Waals surface area contributed by atoms with Gasteiger partial charge in [0.1, 0.15) is 0 Å². The third-order valence-corrected chi connectivity index (χ3v) is 6.54. The number of ether oxygens (including phenoxy) is 1. The van der Waals surface area contributed by atoms with E-state index in [2.05, 4.69) is 43.6 Å². The van der Waals surface area contributed by atoms with E-state index in [9.17, 15) is 0 Å². The third kappa shape index (κ3) is 3.46. The Hall–Kier alpha value is -0.510. The SMILES string of the molecule is CNC(CSc1ccccc1C)C1CCOC2(CCC2)C1. The molecule has 1 heterocycles. The van der Waals surface area contributed by atoms with Gasteiger partial charge in [0.05, 0.1) is 5.60 Å². The Morgan fingerprint density at radius 2 is 2.19 bits per heavy atom. The highest BCUT2D eigenvalue weighted by Gasteiger charge is 2.44. The first-order valence-corrected chi connectivity index (χ1v) is 9.21. The summed E-state index contributed by atoms with van der Waals surface area (Å²) in [7, 11) is 2.12. The first kappa shape index (κ1) is 15.4. The summed E-state index contributed by atoms with van der Waals surface area (Å²) in [5.74, 6) is 1.92. The smallest absolute Gasteiger partial charge is 0.0685 e. The topological polar surface area (TPSA) is 21.3 Å².